The van der Waals surface area contributed by atoms with Gasteiger partial charge in [0, 0.05) is 24.7 Å². The fourth-order valence-corrected chi connectivity index (χ4v) is 2.36. The van der Waals surface area contributed by atoms with Crippen molar-refractivity contribution in [2.45, 2.75) is 19.3 Å². The highest BCUT2D eigenvalue weighted by atomic mass is 15.2. The van der Waals surface area contributed by atoms with Crippen LogP contribution in [0.5, 0.6) is 0 Å². The van der Waals surface area contributed by atoms with E-state index in [2.05, 4.69) is 17.2 Å². The minimum atomic E-state index is 0.0270. The minimum absolute atomic E-state index is 0.0270. The molecule has 0 radical (unpaired) electrons. The molecule has 1 aromatic heterocycles. The SMILES string of the molecule is CC[C@H](c1ccccc1C#N)c1cn(C)nc1C#N. The van der Waals surface area contributed by atoms with Crippen molar-refractivity contribution < 1.29 is 0 Å². The van der Waals surface area contributed by atoms with E-state index in [0.717, 1.165) is 17.5 Å². The van der Waals surface area contributed by atoms with Crippen LogP contribution < -0.4 is 0 Å². The maximum Gasteiger partial charge on any atom is 0.166 e. The number of aromatic nitrogens is 2. The fourth-order valence-electron chi connectivity index (χ4n) is 2.36. The highest BCUT2D eigenvalue weighted by molar-refractivity contribution is 5.46. The van der Waals surface area contributed by atoms with Gasteiger partial charge in [-0.3, -0.25) is 4.68 Å². The lowest BCUT2D eigenvalue weighted by Crippen LogP contribution is -2.03. The standard InChI is InChI=1S/C15H14N4/c1-3-12(13-7-5-4-6-11(13)8-16)14-10-19(2)18-15(14)9-17/h4-7,10,12H,3H2,1-2H3/t12-/m1/s1. The topological polar surface area (TPSA) is 65.4 Å². The molecule has 19 heavy (non-hydrogen) atoms. The van der Waals surface area contributed by atoms with Gasteiger partial charge in [0.1, 0.15) is 6.07 Å². The van der Waals surface area contributed by atoms with Crippen molar-refractivity contribution in [3.8, 4) is 12.1 Å². The molecule has 0 spiro atoms. The van der Waals surface area contributed by atoms with Gasteiger partial charge in [-0.05, 0) is 18.1 Å². The van der Waals surface area contributed by atoms with Gasteiger partial charge in [0.2, 0.25) is 0 Å². The van der Waals surface area contributed by atoms with Crippen LogP contribution in [0.2, 0.25) is 0 Å². The fraction of sp³-hybridized carbons (Fsp3) is 0.267. The molecule has 2 aromatic rings. The monoisotopic (exact) mass is 250 g/mol. The number of hydrogen-bond acceptors (Lipinski definition) is 3. The van der Waals surface area contributed by atoms with Gasteiger partial charge in [-0.15, -0.1) is 0 Å². The van der Waals surface area contributed by atoms with E-state index in [1.165, 1.54) is 0 Å². The number of nitrogens with zero attached hydrogens (tertiary/aromatic N) is 4. The Kier molecular flexibility index (Phi) is 3.63. The van der Waals surface area contributed by atoms with Gasteiger partial charge in [0.05, 0.1) is 11.6 Å². The zero-order chi connectivity index (χ0) is 13.8. The van der Waals surface area contributed by atoms with Crippen molar-refractivity contribution in [3.05, 3.63) is 52.8 Å². The quantitative estimate of drug-likeness (QED) is 0.841. The lowest BCUT2D eigenvalue weighted by atomic mass is 9.87. The van der Waals surface area contributed by atoms with E-state index in [9.17, 15) is 5.26 Å². The van der Waals surface area contributed by atoms with Crippen LogP contribution in [0.3, 0.4) is 0 Å². The highest BCUT2D eigenvalue weighted by Gasteiger charge is 2.21. The highest BCUT2D eigenvalue weighted by Crippen LogP contribution is 2.31. The van der Waals surface area contributed by atoms with Crippen LogP contribution in [0.25, 0.3) is 0 Å². The van der Waals surface area contributed by atoms with Gasteiger partial charge in [-0.25, -0.2) is 0 Å². The second kappa shape index (κ2) is 5.37. The van der Waals surface area contributed by atoms with Crippen LogP contribution >= 0.6 is 0 Å². The second-order valence-corrected chi connectivity index (χ2v) is 4.38. The van der Waals surface area contributed by atoms with Gasteiger partial charge in [0.25, 0.3) is 0 Å². The number of aryl methyl sites for hydroxylation is 1. The normalized spacial score (nSPS) is 11.6. The molecule has 4 nitrogen and oxygen atoms in total. The summed E-state index contributed by atoms with van der Waals surface area (Å²) in [7, 11) is 1.80. The molecule has 0 saturated heterocycles. The molecule has 0 amide bonds. The van der Waals surface area contributed by atoms with Crippen LogP contribution in [0.1, 0.15) is 41.6 Å². The average molecular weight is 250 g/mol. The van der Waals surface area contributed by atoms with Gasteiger partial charge in [0.15, 0.2) is 5.69 Å². The largest absolute Gasteiger partial charge is 0.274 e. The Bertz CT molecular complexity index is 670. The van der Waals surface area contributed by atoms with Crippen molar-refractivity contribution >= 4 is 0 Å². The van der Waals surface area contributed by atoms with Gasteiger partial charge >= 0.3 is 0 Å². The maximum atomic E-state index is 9.21. The summed E-state index contributed by atoms with van der Waals surface area (Å²) in [5, 5.41) is 22.5. The molecule has 0 aliphatic carbocycles. The Balaban J connectivity index is 2.57. The lowest BCUT2D eigenvalue weighted by molar-refractivity contribution is 0.754. The summed E-state index contributed by atoms with van der Waals surface area (Å²) in [4.78, 5) is 0. The molecule has 0 saturated carbocycles. The molecule has 0 unspecified atom stereocenters. The van der Waals surface area contributed by atoms with Crippen molar-refractivity contribution in [2.24, 2.45) is 7.05 Å². The molecule has 94 valence electrons. The van der Waals surface area contributed by atoms with E-state index < -0.39 is 0 Å². The van der Waals surface area contributed by atoms with Crippen molar-refractivity contribution in [1.82, 2.24) is 9.78 Å². The lowest BCUT2D eigenvalue weighted by Gasteiger charge is -2.15. The Hall–Kier alpha value is -2.59. The summed E-state index contributed by atoms with van der Waals surface area (Å²) in [6.45, 7) is 2.05. The molecular weight excluding hydrogens is 236 g/mol. The number of rotatable bonds is 3. The van der Waals surface area contributed by atoms with E-state index in [0.29, 0.717) is 11.3 Å². The van der Waals surface area contributed by atoms with E-state index in [-0.39, 0.29) is 5.92 Å². The van der Waals surface area contributed by atoms with E-state index in [1.807, 2.05) is 31.3 Å². The first-order valence-electron chi connectivity index (χ1n) is 6.13. The third-order valence-electron chi connectivity index (χ3n) is 3.20. The molecule has 2 rings (SSSR count). The van der Waals surface area contributed by atoms with E-state index in [1.54, 1.807) is 17.8 Å². The van der Waals surface area contributed by atoms with Gasteiger partial charge < -0.3 is 0 Å². The smallest absolute Gasteiger partial charge is 0.166 e. The molecule has 0 aliphatic rings. The Morgan fingerprint density at radius 3 is 2.58 bits per heavy atom. The summed E-state index contributed by atoms with van der Waals surface area (Å²) in [5.74, 6) is 0.0270. The number of nitriles is 2. The molecule has 4 heteroatoms. The molecule has 0 fully saturated rings. The zero-order valence-electron chi connectivity index (χ0n) is 11.0. The summed E-state index contributed by atoms with van der Waals surface area (Å²) in [6, 6.07) is 11.9. The molecule has 0 N–H and O–H groups in total. The van der Waals surface area contributed by atoms with Crippen molar-refractivity contribution in [2.75, 3.05) is 0 Å². The van der Waals surface area contributed by atoms with Gasteiger partial charge in [-0.1, -0.05) is 25.1 Å². The molecule has 0 aliphatic heterocycles. The third kappa shape index (κ3) is 2.34. The first kappa shape index (κ1) is 12.9. The first-order valence-corrected chi connectivity index (χ1v) is 6.13. The molecular formula is C15H14N4. The molecule has 1 atom stereocenters. The molecule has 1 heterocycles. The zero-order valence-corrected chi connectivity index (χ0v) is 11.0. The predicted octanol–water partition coefficient (Wildman–Crippen LogP) is 2.71. The molecule has 0 bridgehead atoms. The van der Waals surface area contributed by atoms with Crippen molar-refractivity contribution in [1.29, 1.82) is 10.5 Å². The summed E-state index contributed by atoms with van der Waals surface area (Å²) >= 11 is 0. The first-order chi connectivity index (χ1) is 9.21. The van der Waals surface area contributed by atoms with Crippen LogP contribution in [-0.2, 0) is 7.05 Å². The average Bonchev–Trinajstić information content (AvgIpc) is 2.81. The van der Waals surface area contributed by atoms with Crippen LogP contribution in [0, 0.1) is 22.7 Å². The van der Waals surface area contributed by atoms with Crippen LogP contribution in [0.4, 0.5) is 0 Å². The molecule has 1 aromatic carbocycles. The second-order valence-electron chi connectivity index (χ2n) is 4.38. The summed E-state index contributed by atoms with van der Waals surface area (Å²) in [6.07, 6.45) is 2.68. The Morgan fingerprint density at radius 2 is 1.95 bits per heavy atom. The van der Waals surface area contributed by atoms with Crippen molar-refractivity contribution in [3.63, 3.8) is 0 Å². The van der Waals surface area contributed by atoms with E-state index >= 15 is 0 Å². The van der Waals surface area contributed by atoms with E-state index in [4.69, 9.17) is 5.26 Å². The maximum absolute atomic E-state index is 9.21. The number of hydrogen-bond donors (Lipinski definition) is 0. The Morgan fingerprint density at radius 1 is 1.21 bits per heavy atom. The summed E-state index contributed by atoms with van der Waals surface area (Å²) in [5.41, 5.74) is 2.93. The minimum Gasteiger partial charge on any atom is -0.274 e. The Labute approximate surface area is 112 Å². The van der Waals surface area contributed by atoms with Gasteiger partial charge in [-0.2, -0.15) is 15.6 Å². The summed E-state index contributed by atoms with van der Waals surface area (Å²) < 4.78 is 1.64. The number of benzene rings is 1. The third-order valence-corrected chi connectivity index (χ3v) is 3.20. The van der Waals surface area contributed by atoms with Crippen LogP contribution in [-0.4, -0.2) is 9.78 Å². The van der Waals surface area contributed by atoms with Crippen LogP contribution in [0.15, 0.2) is 30.5 Å². The predicted molar refractivity (Wildman–Crippen MR) is 71.2 cm³/mol.